The zero-order valence-electron chi connectivity index (χ0n) is 12.7. The molecule has 1 rings (SSSR count). The lowest BCUT2D eigenvalue weighted by molar-refractivity contribution is 0.0736. The molecule has 1 aromatic carbocycles. The second-order valence-electron chi connectivity index (χ2n) is 4.99. The number of carbonyl (C=O) groups is 1. The molecule has 3 nitrogen and oxygen atoms in total. The first-order chi connectivity index (χ1) is 9.52. The zero-order chi connectivity index (χ0) is 15.1. The van der Waals surface area contributed by atoms with Crippen LogP contribution in [0.15, 0.2) is 18.2 Å². The molecule has 0 spiro atoms. The minimum Gasteiger partial charge on any atom is -0.384 e. The first kappa shape index (κ1) is 16.3. The van der Waals surface area contributed by atoms with Crippen molar-refractivity contribution in [3.63, 3.8) is 0 Å². The van der Waals surface area contributed by atoms with E-state index in [2.05, 4.69) is 25.7 Å². The summed E-state index contributed by atoms with van der Waals surface area (Å²) < 4.78 is 0. The van der Waals surface area contributed by atoms with Crippen LogP contribution in [0.5, 0.6) is 0 Å². The lowest BCUT2D eigenvalue weighted by Gasteiger charge is -2.25. The molecule has 0 saturated heterocycles. The van der Waals surface area contributed by atoms with E-state index in [1.807, 2.05) is 32.2 Å². The van der Waals surface area contributed by atoms with Gasteiger partial charge < -0.3 is 10.0 Å². The largest absolute Gasteiger partial charge is 0.384 e. The van der Waals surface area contributed by atoms with E-state index in [-0.39, 0.29) is 18.6 Å². The summed E-state index contributed by atoms with van der Waals surface area (Å²) in [5, 5.41) is 8.77. The van der Waals surface area contributed by atoms with Gasteiger partial charge in [-0.2, -0.15) is 0 Å². The maximum absolute atomic E-state index is 12.5. The Morgan fingerprint density at radius 3 is 2.75 bits per heavy atom. The number of aliphatic hydroxyl groups excluding tert-OH is 1. The standard InChI is InChI=1S/C17H23NO2/c1-5-8-13(2)18(4)17(20)16-11-6-9-15(14(16)3)10-7-12-19/h6,9,11,13,19H,5,8,12H2,1-4H3. The zero-order valence-corrected chi connectivity index (χ0v) is 12.7. The van der Waals surface area contributed by atoms with Crippen LogP contribution in [0.25, 0.3) is 0 Å². The summed E-state index contributed by atoms with van der Waals surface area (Å²) in [4.78, 5) is 14.3. The van der Waals surface area contributed by atoms with Gasteiger partial charge in [-0.05, 0) is 38.0 Å². The second-order valence-corrected chi connectivity index (χ2v) is 4.99. The van der Waals surface area contributed by atoms with Gasteiger partial charge in [0.2, 0.25) is 0 Å². The molecule has 0 aliphatic heterocycles. The molecule has 1 N–H and O–H groups in total. The van der Waals surface area contributed by atoms with Crippen LogP contribution in [-0.4, -0.2) is 35.6 Å². The van der Waals surface area contributed by atoms with Gasteiger partial charge in [-0.15, -0.1) is 0 Å². The fourth-order valence-corrected chi connectivity index (χ4v) is 2.14. The molecule has 3 heteroatoms. The Hall–Kier alpha value is -1.79. The summed E-state index contributed by atoms with van der Waals surface area (Å²) in [6.07, 6.45) is 2.05. The van der Waals surface area contributed by atoms with E-state index in [0.29, 0.717) is 5.56 Å². The molecular weight excluding hydrogens is 250 g/mol. The lowest BCUT2D eigenvalue weighted by atomic mass is 10.0. The van der Waals surface area contributed by atoms with E-state index < -0.39 is 0 Å². The average molecular weight is 273 g/mol. The van der Waals surface area contributed by atoms with Crippen molar-refractivity contribution in [1.29, 1.82) is 0 Å². The van der Waals surface area contributed by atoms with Gasteiger partial charge in [0.05, 0.1) is 0 Å². The topological polar surface area (TPSA) is 40.5 Å². The highest BCUT2D eigenvalue weighted by molar-refractivity contribution is 5.96. The molecular formula is C17H23NO2. The number of hydrogen-bond acceptors (Lipinski definition) is 2. The van der Waals surface area contributed by atoms with Crippen LogP contribution in [0.1, 0.15) is 48.2 Å². The van der Waals surface area contributed by atoms with E-state index in [9.17, 15) is 4.79 Å². The minimum absolute atomic E-state index is 0.0242. The van der Waals surface area contributed by atoms with Gasteiger partial charge in [-0.25, -0.2) is 0 Å². The number of amides is 1. The van der Waals surface area contributed by atoms with Crippen molar-refractivity contribution in [2.75, 3.05) is 13.7 Å². The van der Waals surface area contributed by atoms with Crippen LogP contribution in [-0.2, 0) is 0 Å². The van der Waals surface area contributed by atoms with Crippen molar-refractivity contribution < 1.29 is 9.90 Å². The molecule has 1 amide bonds. The summed E-state index contributed by atoms with van der Waals surface area (Å²) in [5.41, 5.74) is 2.34. The Kier molecular flexibility index (Phi) is 6.27. The van der Waals surface area contributed by atoms with Gasteiger partial charge in [-0.3, -0.25) is 4.79 Å². The lowest BCUT2D eigenvalue weighted by Crippen LogP contribution is -2.35. The molecule has 1 unspecified atom stereocenters. The second kappa shape index (κ2) is 7.72. The Labute approximate surface area is 121 Å². The van der Waals surface area contributed by atoms with Crippen LogP contribution >= 0.6 is 0 Å². The summed E-state index contributed by atoms with van der Waals surface area (Å²) in [7, 11) is 1.84. The van der Waals surface area contributed by atoms with E-state index >= 15 is 0 Å². The van der Waals surface area contributed by atoms with Crippen molar-refractivity contribution in [3.05, 3.63) is 34.9 Å². The van der Waals surface area contributed by atoms with Crippen LogP contribution in [0, 0.1) is 18.8 Å². The summed E-state index contributed by atoms with van der Waals surface area (Å²) in [5.74, 6) is 5.53. The molecule has 0 aliphatic rings. The minimum atomic E-state index is -0.176. The molecule has 108 valence electrons. The van der Waals surface area contributed by atoms with Crippen molar-refractivity contribution in [2.45, 2.75) is 39.7 Å². The molecule has 0 heterocycles. The first-order valence-corrected chi connectivity index (χ1v) is 6.99. The maximum Gasteiger partial charge on any atom is 0.254 e. The highest BCUT2D eigenvalue weighted by Gasteiger charge is 2.19. The van der Waals surface area contributed by atoms with Crippen molar-refractivity contribution >= 4 is 5.91 Å². The fourth-order valence-electron chi connectivity index (χ4n) is 2.14. The smallest absolute Gasteiger partial charge is 0.254 e. The Balaban J connectivity index is 3.05. The van der Waals surface area contributed by atoms with Crippen LogP contribution in [0.2, 0.25) is 0 Å². The van der Waals surface area contributed by atoms with Gasteiger partial charge in [0.1, 0.15) is 6.61 Å². The highest BCUT2D eigenvalue weighted by atomic mass is 16.2. The van der Waals surface area contributed by atoms with Crippen LogP contribution < -0.4 is 0 Å². The number of benzene rings is 1. The molecule has 0 fully saturated rings. The van der Waals surface area contributed by atoms with Crippen LogP contribution in [0.3, 0.4) is 0 Å². The molecule has 1 atom stereocenters. The molecule has 0 saturated carbocycles. The number of rotatable bonds is 4. The number of hydrogen-bond donors (Lipinski definition) is 1. The van der Waals surface area contributed by atoms with Gasteiger partial charge in [0.25, 0.3) is 5.91 Å². The molecule has 0 radical (unpaired) electrons. The third kappa shape index (κ3) is 3.85. The first-order valence-electron chi connectivity index (χ1n) is 6.99. The SMILES string of the molecule is CCCC(C)N(C)C(=O)c1cccc(C#CCO)c1C. The number of carbonyl (C=O) groups excluding carboxylic acids is 1. The molecule has 20 heavy (non-hydrogen) atoms. The molecule has 0 bridgehead atoms. The molecule has 1 aromatic rings. The Bertz CT molecular complexity index is 526. The van der Waals surface area contributed by atoms with E-state index in [4.69, 9.17) is 5.11 Å². The third-order valence-electron chi connectivity index (χ3n) is 3.55. The maximum atomic E-state index is 12.5. The van der Waals surface area contributed by atoms with Crippen molar-refractivity contribution in [3.8, 4) is 11.8 Å². The predicted octanol–water partition coefficient (Wildman–Crippen LogP) is 2.60. The van der Waals surface area contributed by atoms with Gasteiger partial charge >= 0.3 is 0 Å². The quantitative estimate of drug-likeness (QED) is 0.857. The summed E-state index contributed by atoms with van der Waals surface area (Å²) in [6.45, 7) is 5.90. The Morgan fingerprint density at radius 2 is 2.15 bits per heavy atom. The van der Waals surface area contributed by atoms with Crippen molar-refractivity contribution in [1.82, 2.24) is 4.90 Å². The number of aliphatic hydroxyl groups is 1. The van der Waals surface area contributed by atoms with Crippen molar-refractivity contribution in [2.24, 2.45) is 0 Å². The number of nitrogens with zero attached hydrogens (tertiary/aromatic N) is 1. The molecule has 0 aliphatic carbocycles. The fraction of sp³-hybridized carbons (Fsp3) is 0.471. The van der Waals surface area contributed by atoms with Gasteiger partial charge in [0.15, 0.2) is 0 Å². The monoisotopic (exact) mass is 273 g/mol. The van der Waals surface area contributed by atoms with E-state index in [1.165, 1.54) is 0 Å². The Morgan fingerprint density at radius 1 is 1.45 bits per heavy atom. The van der Waals surface area contributed by atoms with Gasteiger partial charge in [0, 0.05) is 24.2 Å². The summed E-state index contributed by atoms with van der Waals surface area (Å²) in [6, 6.07) is 5.75. The predicted molar refractivity (Wildman–Crippen MR) is 81.6 cm³/mol. The highest BCUT2D eigenvalue weighted by Crippen LogP contribution is 2.17. The van der Waals surface area contributed by atoms with Gasteiger partial charge in [-0.1, -0.05) is 31.3 Å². The normalized spacial score (nSPS) is 11.4. The van der Waals surface area contributed by atoms with Crippen LogP contribution in [0.4, 0.5) is 0 Å². The van der Waals surface area contributed by atoms with E-state index in [1.54, 1.807) is 4.90 Å². The summed E-state index contributed by atoms with van der Waals surface area (Å²) >= 11 is 0. The molecule has 0 aromatic heterocycles. The average Bonchev–Trinajstić information content (AvgIpc) is 2.45. The van der Waals surface area contributed by atoms with E-state index in [0.717, 1.165) is 24.0 Å². The third-order valence-corrected chi connectivity index (χ3v) is 3.55.